The van der Waals surface area contributed by atoms with E-state index in [4.69, 9.17) is 9.84 Å². The molecule has 104 valence electrons. The largest absolute Gasteiger partial charge is 0.478 e. The second-order valence-corrected chi connectivity index (χ2v) is 5.12. The quantitative estimate of drug-likeness (QED) is 0.896. The Morgan fingerprint density at radius 1 is 1.20 bits per heavy atom. The zero-order chi connectivity index (χ0) is 14.5. The highest BCUT2D eigenvalue weighted by Crippen LogP contribution is 2.16. The molecular weight excluding hydrogens is 327 g/mol. The van der Waals surface area contributed by atoms with Crippen LogP contribution in [-0.2, 0) is 18.0 Å². The molecular formula is C15H12BrFO3. The summed E-state index contributed by atoms with van der Waals surface area (Å²) in [5, 5.41) is 8.84. The predicted molar refractivity (Wildman–Crippen MR) is 76.0 cm³/mol. The minimum absolute atomic E-state index is 0.0272. The van der Waals surface area contributed by atoms with Crippen molar-refractivity contribution in [1.29, 1.82) is 0 Å². The number of carboxylic acid groups (broad SMARTS) is 1. The van der Waals surface area contributed by atoms with Crippen LogP contribution in [0.15, 0.2) is 46.9 Å². The van der Waals surface area contributed by atoms with Crippen molar-refractivity contribution in [2.45, 2.75) is 13.2 Å². The number of carboxylic acids is 1. The van der Waals surface area contributed by atoms with Crippen molar-refractivity contribution < 1.29 is 19.0 Å². The van der Waals surface area contributed by atoms with E-state index in [1.807, 2.05) is 24.3 Å². The third-order valence-electron chi connectivity index (χ3n) is 2.72. The van der Waals surface area contributed by atoms with Crippen LogP contribution in [0.4, 0.5) is 4.39 Å². The van der Waals surface area contributed by atoms with E-state index in [-0.39, 0.29) is 17.7 Å². The van der Waals surface area contributed by atoms with Crippen LogP contribution in [-0.4, -0.2) is 11.1 Å². The molecule has 0 saturated carbocycles. The van der Waals surface area contributed by atoms with Gasteiger partial charge in [-0.3, -0.25) is 0 Å². The van der Waals surface area contributed by atoms with Crippen molar-refractivity contribution >= 4 is 21.9 Å². The minimum Gasteiger partial charge on any atom is -0.478 e. The molecule has 5 heteroatoms. The Balaban J connectivity index is 2.01. The molecule has 0 fully saturated rings. The van der Waals surface area contributed by atoms with Gasteiger partial charge in [-0.2, -0.15) is 0 Å². The number of ether oxygens (including phenoxy) is 1. The Bertz CT molecular complexity index is 628. The third kappa shape index (κ3) is 3.65. The van der Waals surface area contributed by atoms with Gasteiger partial charge in [0.2, 0.25) is 0 Å². The molecule has 2 rings (SSSR count). The summed E-state index contributed by atoms with van der Waals surface area (Å²) >= 11 is 3.36. The average molecular weight is 339 g/mol. The summed E-state index contributed by atoms with van der Waals surface area (Å²) in [5.74, 6) is -2.02. The summed E-state index contributed by atoms with van der Waals surface area (Å²) in [5.41, 5.74) is 0.850. The van der Waals surface area contributed by atoms with Crippen LogP contribution in [0.5, 0.6) is 0 Å². The van der Waals surface area contributed by atoms with Crippen molar-refractivity contribution in [1.82, 2.24) is 0 Å². The highest BCUT2D eigenvalue weighted by Gasteiger charge is 2.13. The number of rotatable bonds is 5. The standard InChI is InChI=1S/C15H12BrFO3/c16-12-5-1-3-10(7-12)8-20-9-11-4-2-6-13(14(11)17)15(18)19/h1-7H,8-9H2,(H,18,19). The maximum absolute atomic E-state index is 13.8. The van der Waals surface area contributed by atoms with Gasteiger partial charge in [-0.15, -0.1) is 0 Å². The Hall–Kier alpha value is -1.72. The molecule has 0 unspecified atom stereocenters. The van der Waals surface area contributed by atoms with Gasteiger partial charge >= 0.3 is 5.97 Å². The molecule has 0 atom stereocenters. The van der Waals surface area contributed by atoms with Gasteiger partial charge in [-0.05, 0) is 23.8 Å². The van der Waals surface area contributed by atoms with Crippen molar-refractivity contribution in [2.24, 2.45) is 0 Å². The first-order valence-electron chi connectivity index (χ1n) is 5.91. The molecule has 2 aromatic rings. The Labute approximate surface area is 124 Å². The van der Waals surface area contributed by atoms with Crippen LogP contribution in [0.25, 0.3) is 0 Å². The predicted octanol–water partition coefficient (Wildman–Crippen LogP) is 4.00. The van der Waals surface area contributed by atoms with E-state index in [0.717, 1.165) is 10.0 Å². The van der Waals surface area contributed by atoms with Gasteiger partial charge in [0.05, 0.1) is 18.8 Å². The SMILES string of the molecule is O=C(O)c1cccc(COCc2cccc(Br)c2)c1F. The first kappa shape index (κ1) is 14.7. The summed E-state index contributed by atoms with van der Waals surface area (Å²) in [6.45, 7) is 0.357. The number of hydrogen-bond donors (Lipinski definition) is 1. The summed E-state index contributed by atoms with van der Waals surface area (Å²) in [4.78, 5) is 10.8. The number of hydrogen-bond acceptors (Lipinski definition) is 2. The first-order valence-corrected chi connectivity index (χ1v) is 6.70. The van der Waals surface area contributed by atoms with Crippen LogP contribution in [0.2, 0.25) is 0 Å². The maximum Gasteiger partial charge on any atom is 0.338 e. The van der Waals surface area contributed by atoms with Crippen molar-refractivity contribution in [3.63, 3.8) is 0 Å². The molecule has 3 nitrogen and oxygen atoms in total. The number of carbonyl (C=O) groups is 1. The zero-order valence-corrected chi connectivity index (χ0v) is 12.1. The second-order valence-electron chi connectivity index (χ2n) is 4.21. The Morgan fingerprint density at radius 3 is 2.65 bits per heavy atom. The lowest BCUT2D eigenvalue weighted by Crippen LogP contribution is -2.05. The van der Waals surface area contributed by atoms with E-state index in [9.17, 15) is 9.18 Å². The summed E-state index contributed by atoms with van der Waals surface area (Å²) in [6.07, 6.45) is 0. The molecule has 0 saturated heterocycles. The second kappa shape index (κ2) is 6.63. The highest BCUT2D eigenvalue weighted by molar-refractivity contribution is 9.10. The maximum atomic E-state index is 13.8. The van der Waals surface area contributed by atoms with E-state index >= 15 is 0 Å². The molecule has 0 amide bonds. The molecule has 0 heterocycles. The molecule has 0 spiro atoms. The summed E-state index contributed by atoms with van der Waals surface area (Å²) in [7, 11) is 0. The molecule has 2 aromatic carbocycles. The Morgan fingerprint density at radius 2 is 1.95 bits per heavy atom. The molecule has 1 N–H and O–H groups in total. The van der Waals surface area contributed by atoms with Gasteiger partial charge in [-0.1, -0.05) is 40.2 Å². The normalized spacial score (nSPS) is 10.5. The van der Waals surface area contributed by atoms with Gasteiger partial charge in [-0.25, -0.2) is 9.18 Å². The number of halogens is 2. The van der Waals surface area contributed by atoms with Gasteiger partial charge in [0.15, 0.2) is 0 Å². The van der Waals surface area contributed by atoms with E-state index in [2.05, 4.69) is 15.9 Å². The molecule has 0 aliphatic carbocycles. The van der Waals surface area contributed by atoms with E-state index in [0.29, 0.717) is 6.61 Å². The fourth-order valence-electron chi connectivity index (χ4n) is 1.76. The third-order valence-corrected chi connectivity index (χ3v) is 3.22. The van der Waals surface area contributed by atoms with Gasteiger partial charge < -0.3 is 9.84 Å². The summed E-state index contributed by atoms with van der Waals surface area (Å²) < 4.78 is 20.2. The fraction of sp³-hybridized carbons (Fsp3) is 0.133. The van der Waals surface area contributed by atoms with E-state index in [1.165, 1.54) is 18.2 Å². The topological polar surface area (TPSA) is 46.5 Å². The van der Waals surface area contributed by atoms with Crippen molar-refractivity contribution in [3.8, 4) is 0 Å². The molecule has 0 aliphatic heterocycles. The highest BCUT2D eigenvalue weighted by atomic mass is 79.9. The molecule has 0 radical (unpaired) electrons. The lowest BCUT2D eigenvalue weighted by molar-refractivity contribution is 0.0689. The smallest absolute Gasteiger partial charge is 0.338 e. The molecule has 0 bridgehead atoms. The van der Waals surface area contributed by atoms with Crippen LogP contribution in [0.3, 0.4) is 0 Å². The number of benzene rings is 2. The molecule has 0 aromatic heterocycles. The van der Waals surface area contributed by atoms with Crippen LogP contribution < -0.4 is 0 Å². The average Bonchev–Trinajstić information content (AvgIpc) is 2.40. The monoisotopic (exact) mass is 338 g/mol. The summed E-state index contributed by atoms with van der Waals surface area (Å²) in [6, 6.07) is 11.8. The van der Waals surface area contributed by atoms with Crippen molar-refractivity contribution in [3.05, 3.63) is 69.4 Å². The van der Waals surface area contributed by atoms with Gasteiger partial charge in [0.25, 0.3) is 0 Å². The van der Waals surface area contributed by atoms with Gasteiger partial charge in [0.1, 0.15) is 5.82 Å². The Kier molecular flexibility index (Phi) is 4.87. The molecule has 20 heavy (non-hydrogen) atoms. The number of aromatic carboxylic acids is 1. The minimum atomic E-state index is -1.28. The van der Waals surface area contributed by atoms with Crippen LogP contribution in [0.1, 0.15) is 21.5 Å². The fourth-order valence-corrected chi connectivity index (χ4v) is 2.21. The lowest BCUT2D eigenvalue weighted by Gasteiger charge is -2.07. The zero-order valence-electron chi connectivity index (χ0n) is 10.5. The van der Waals surface area contributed by atoms with Gasteiger partial charge in [0, 0.05) is 10.0 Å². The van der Waals surface area contributed by atoms with E-state index < -0.39 is 11.8 Å². The van der Waals surface area contributed by atoms with Crippen LogP contribution >= 0.6 is 15.9 Å². The lowest BCUT2D eigenvalue weighted by atomic mass is 10.1. The van der Waals surface area contributed by atoms with Crippen molar-refractivity contribution in [2.75, 3.05) is 0 Å². The van der Waals surface area contributed by atoms with E-state index in [1.54, 1.807) is 0 Å². The van der Waals surface area contributed by atoms with Crippen LogP contribution in [0, 0.1) is 5.82 Å². The first-order chi connectivity index (χ1) is 9.58. The molecule has 0 aliphatic rings.